The van der Waals surface area contributed by atoms with Crippen molar-refractivity contribution >= 4 is 11.9 Å². The number of hydrogen-bond acceptors (Lipinski definition) is 2. The first kappa shape index (κ1) is 15.7. The van der Waals surface area contributed by atoms with Gasteiger partial charge >= 0.3 is 5.97 Å². The molecule has 1 heterocycles. The Balaban J connectivity index is 1.29. The normalized spacial score (nSPS) is 32.4. The first-order valence-electron chi connectivity index (χ1n) is 9.17. The molecule has 1 aliphatic heterocycles. The summed E-state index contributed by atoms with van der Waals surface area (Å²) in [6.45, 7) is 1.08. The minimum absolute atomic E-state index is 0.168. The molecule has 0 bridgehead atoms. The second-order valence-corrected chi connectivity index (χ2v) is 7.89. The highest BCUT2D eigenvalue weighted by Gasteiger charge is 2.47. The van der Waals surface area contributed by atoms with E-state index in [1.807, 2.05) is 11.0 Å². The van der Waals surface area contributed by atoms with Crippen molar-refractivity contribution in [3.8, 4) is 0 Å². The lowest BCUT2D eigenvalue weighted by atomic mass is 9.70. The van der Waals surface area contributed by atoms with Crippen LogP contribution >= 0.6 is 0 Å². The largest absolute Gasteiger partial charge is 0.481 e. The Kier molecular flexibility index (Phi) is 4.07. The van der Waals surface area contributed by atoms with Crippen molar-refractivity contribution in [1.29, 1.82) is 0 Å². The number of benzene rings is 1. The molecule has 128 valence electrons. The van der Waals surface area contributed by atoms with Crippen molar-refractivity contribution in [3.63, 3.8) is 0 Å². The Morgan fingerprint density at radius 1 is 1.08 bits per heavy atom. The Morgan fingerprint density at radius 2 is 1.79 bits per heavy atom. The van der Waals surface area contributed by atoms with Crippen molar-refractivity contribution in [3.05, 3.63) is 35.9 Å². The summed E-state index contributed by atoms with van der Waals surface area (Å²) in [5.41, 5.74) is 1.38. The van der Waals surface area contributed by atoms with Crippen LogP contribution in [0.15, 0.2) is 30.3 Å². The molecule has 3 fully saturated rings. The molecule has 0 radical (unpaired) electrons. The standard InChI is InChI=1S/C20H25NO3/c22-19(10-13-8-16(9-13)14-4-2-1-3-5-14)21-11-17(15-6-7-15)18(12-21)20(23)24/h1-5,13,15-18H,6-12H2,(H,23,24)/t13?,16?,17-,18+/m1/s1. The molecular weight excluding hydrogens is 302 g/mol. The molecule has 24 heavy (non-hydrogen) atoms. The van der Waals surface area contributed by atoms with Crippen LogP contribution in [0.3, 0.4) is 0 Å². The van der Waals surface area contributed by atoms with Crippen molar-refractivity contribution in [2.45, 2.75) is 38.0 Å². The van der Waals surface area contributed by atoms with Gasteiger partial charge in [-0.2, -0.15) is 0 Å². The number of carbonyl (C=O) groups excluding carboxylic acids is 1. The van der Waals surface area contributed by atoms with Crippen LogP contribution in [0.4, 0.5) is 0 Å². The molecule has 1 N–H and O–H groups in total. The molecule has 0 unspecified atom stereocenters. The minimum Gasteiger partial charge on any atom is -0.481 e. The zero-order chi connectivity index (χ0) is 16.7. The van der Waals surface area contributed by atoms with Crippen LogP contribution in [0.5, 0.6) is 0 Å². The van der Waals surface area contributed by atoms with Crippen LogP contribution in [0.25, 0.3) is 0 Å². The lowest BCUT2D eigenvalue weighted by molar-refractivity contribution is -0.142. The van der Waals surface area contributed by atoms with E-state index >= 15 is 0 Å². The molecule has 1 saturated heterocycles. The van der Waals surface area contributed by atoms with Gasteiger partial charge in [-0.05, 0) is 54.9 Å². The van der Waals surface area contributed by atoms with Crippen molar-refractivity contribution in [2.24, 2.45) is 23.7 Å². The fraction of sp³-hybridized carbons (Fsp3) is 0.600. The van der Waals surface area contributed by atoms with Crippen molar-refractivity contribution in [2.75, 3.05) is 13.1 Å². The minimum atomic E-state index is -0.727. The van der Waals surface area contributed by atoms with Crippen LogP contribution < -0.4 is 0 Å². The molecule has 4 heteroatoms. The third-order valence-electron chi connectivity index (χ3n) is 6.23. The van der Waals surface area contributed by atoms with E-state index in [2.05, 4.69) is 24.3 Å². The van der Waals surface area contributed by atoms with Crippen LogP contribution in [0.2, 0.25) is 0 Å². The van der Waals surface area contributed by atoms with Gasteiger partial charge in [0.1, 0.15) is 0 Å². The molecule has 1 aromatic rings. The zero-order valence-electron chi connectivity index (χ0n) is 13.9. The van der Waals surface area contributed by atoms with Crippen LogP contribution in [-0.4, -0.2) is 35.0 Å². The maximum atomic E-state index is 12.6. The monoisotopic (exact) mass is 327 g/mol. The van der Waals surface area contributed by atoms with Crippen molar-refractivity contribution < 1.29 is 14.7 Å². The zero-order valence-corrected chi connectivity index (χ0v) is 13.9. The molecule has 1 aromatic carbocycles. The predicted octanol–water partition coefficient (Wildman–Crippen LogP) is 3.14. The fourth-order valence-corrected chi connectivity index (χ4v) is 4.57. The molecule has 3 aliphatic rings. The van der Waals surface area contributed by atoms with E-state index in [4.69, 9.17) is 0 Å². The van der Waals surface area contributed by atoms with E-state index in [1.165, 1.54) is 5.56 Å². The number of nitrogens with zero attached hydrogens (tertiary/aromatic N) is 1. The fourth-order valence-electron chi connectivity index (χ4n) is 4.57. The third-order valence-corrected chi connectivity index (χ3v) is 6.23. The van der Waals surface area contributed by atoms with Gasteiger partial charge in [-0.3, -0.25) is 9.59 Å². The van der Waals surface area contributed by atoms with E-state index in [0.717, 1.165) is 25.7 Å². The van der Waals surface area contributed by atoms with E-state index in [0.29, 0.717) is 37.3 Å². The maximum absolute atomic E-state index is 12.6. The molecule has 2 atom stereocenters. The summed E-state index contributed by atoms with van der Waals surface area (Å²) < 4.78 is 0. The Hall–Kier alpha value is -1.84. The van der Waals surface area contributed by atoms with Gasteiger partial charge in [0.25, 0.3) is 0 Å². The van der Waals surface area contributed by atoms with E-state index in [-0.39, 0.29) is 17.7 Å². The highest BCUT2D eigenvalue weighted by molar-refractivity contribution is 5.79. The summed E-state index contributed by atoms with van der Waals surface area (Å²) in [6, 6.07) is 10.5. The molecule has 4 nitrogen and oxygen atoms in total. The van der Waals surface area contributed by atoms with Gasteiger partial charge in [-0.25, -0.2) is 0 Å². The lowest BCUT2D eigenvalue weighted by Gasteiger charge is -2.36. The van der Waals surface area contributed by atoms with Crippen LogP contribution in [-0.2, 0) is 9.59 Å². The second kappa shape index (κ2) is 6.23. The summed E-state index contributed by atoms with van der Waals surface area (Å²) in [5, 5.41) is 9.42. The summed E-state index contributed by atoms with van der Waals surface area (Å²) in [6.07, 6.45) is 5.03. The number of aliphatic carboxylic acids is 1. The SMILES string of the molecule is O=C(O)[C@H]1CN(C(=O)CC2CC(c3ccccc3)C2)C[C@@H]1C1CC1. The number of carbonyl (C=O) groups is 2. The Bertz CT molecular complexity index is 619. The average molecular weight is 327 g/mol. The average Bonchev–Trinajstić information content (AvgIpc) is 3.29. The number of rotatable bonds is 5. The number of amides is 1. The van der Waals surface area contributed by atoms with Gasteiger partial charge in [0.15, 0.2) is 0 Å². The lowest BCUT2D eigenvalue weighted by Crippen LogP contribution is -2.34. The summed E-state index contributed by atoms with van der Waals surface area (Å²) in [4.78, 5) is 25.9. The van der Waals surface area contributed by atoms with Gasteiger partial charge in [0, 0.05) is 19.5 Å². The molecule has 2 aliphatic carbocycles. The first-order chi connectivity index (χ1) is 11.6. The first-order valence-corrected chi connectivity index (χ1v) is 9.17. The Morgan fingerprint density at radius 3 is 2.42 bits per heavy atom. The van der Waals surface area contributed by atoms with Gasteiger partial charge in [-0.15, -0.1) is 0 Å². The number of likely N-dealkylation sites (tertiary alicyclic amines) is 1. The quantitative estimate of drug-likeness (QED) is 0.904. The van der Waals surface area contributed by atoms with E-state index in [1.54, 1.807) is 0 Å². The third kappa shape index (κ3) is 3.06. The van der Waals surface area contributed by atoms with E-state index < -0.39 is 5.97 Å². The molecule has 0 aromatic heterocycles. The maximum Gasteiger partial charge on any atom is 0.308 e. The molecular formula is C20H25NO3. The molecule has 1 amide bonds. The molecule has 2 saturated carbocycles. The van der Waals surface area contributed by atoms with Gasteiger partial charge < -0.3 is 10.0 Å². The second-order valence-electron chi connectivity index (χ2n) is 7.89. The highest BCUT2D eigenvalue weighted by atomic mass is 16.4. The summed E-state index contributed by atoms with van der Waals surface area (Å²) in [5.74, 6) is 0.871. The van der Waals surface area contributed by atoms with Gasteiger partial charge in [0.2, 0.25) is 5.91 Å². The van der Waals surface area contributed by atoms with Crippen molar-refractivity contribution in [1.82, 2.24) is 4.90 Å². The van der Waals surface area contributed by atoms with Gasteiger partial charge in [-0.1, -0.05) is 30.3 Å². The Labute approximate surface area is 142 Å². The smallest absolute Gasteiger partial charge is 0.308 e. The van der Waals surface area contributed by atoms with Crippen LogP contribution in [0, 0.1) is 23.7 Å². The predicted molar refractivity (Wildman–Crippen MR) is 90.4 cm³/mol. The van der Waals surface area contributed by atoms with Gasteiger partial charge in [0.05, 0.1) is 5.92 Å². The number of carboxylic acids is 1. The molecule has 4 rings (SSSR count). The number of carboxylic acid groups (broad SMARTS) is 1. The topological polar surface area (TPSA) is 57.6 Å². The van der Waals surface area contributed by atoms with Crippen LogP contribution in [0.1, 0.15) is 43.6 Å². The molecule has 0 spiro atoms. The summed E-state index contributed by atoms with van der Waals surface area (Å²) in [7, 11) is 0. The van der Waals surface area contributed by atoms with E-state index in [9.17, 15) is 14.7 Å². The summed E-state index contributed by atoms with van der Waals surface area (Å²) >= 11 is 0. The number of hydrogen-bond donors (Lipinski definition) is 1. The highest BCUT2D eigenvalue weighted by Crippen LogP contribution is 2.46.